The molecule has 0 unspecified atom stereocenters. The van der Waals surface area contributed by atoms with Crippen molar-refractivity contribution in [1.29, 1.82) is 0 Å². The van der Waals surface area contributed by atoms with E-state index < -0.39 is 4.92 Å². The van der Waals surface area contributed by atoms with Crippen LogP contribution in [0.2, 0.25) is 0 Å². The molecule has 0 fully saturated rings. The summed E-state index contributed by atoms with van der Waals surface area (Å²) in [5, 5.41) is 10.6. The summed E-state index contributed by atoms with van der Waals surface area (Å²) >= 11 is 1.86. The molecule has 0 aromatic heterocycles. The van der Waals surface area contributed by atoms with Crippen LogP contribution in [-0.2, 0) is 0 Å². The third kappa shape index (κ3) is 4.44. The van der Waals surface area contributed by atoms with Gasteiger partial charge in [0.25, 0.3) is 5.69 Å². The van der Waals surface area contributed by atoms with Gasteiger partial charge in [-0.2, -0.15) is 11.8 Å². The lowest BCUT2D eigenvalue weighted by Crippen LogP contribution is -2.01. The Morgan fingerprint density at radius 1 is 1.39 bits per heavy atom. The quantitative estimate of drug-likeness (QED) is 0.413. The molecule has 0 heterocycles. The second-order valence-electron chi connectivity index (χ2n) is 3.49. The summed E-state index contributed by atoms with van der Waals surface area (Å²) in [6, 6.07) is 4.36. The van der Waals surface area contributed by atoms with Crippen LogP contribution >= 0.6 is 11.8 Å². The Hall–Kier alpha value is -1.43. The van der Waals surface area contributed by atoms with Crippen molar-refractivity contribution in [3.8, 4) is 11.5 Å². The molecule has 0 saturated carbocycles. The number of nitro groups is 1. The van der Waals surface area contributed by atoms with Crippen LogP contribution in [0, 0.1) is 10.1 Å². The van der Waals surface area contributed by atoms with Crippen molar-refractivity contribution in [2.24, 2.45) is 0 Å². The zero-order valence-corrected chi connectivity index (χ0v) is 11.4. The number of hydrogen-bond acceptors (Lipinski definition) is 5. The second-order valence-corrected chi connectivity index (χ2v) is 4.89. The minimum absolute atomic E-state index is 0.000684. The molecule has 0 saturated heterocycles. The fraction of sp³-hybridized carbons (Fsp3) is 0.500. The van der Waals surface area contributed by atoms with Crippen LogP contribution in [0.5, 0.6) is 11.5 Å². The molecule has 1 aromatic rings. The first-order chi connectivity index (χ1) is 8.69. The monoisotopic (exact) mass is 271 g/mol. The number of ether oxygens (including phenoxy) is 2. The lowest BCUT2D eigenvalue weighted by molar-refractivity contribution is -0.384. The largest absolute Gasteiger partial charge is 0.493 e. The topological polar surface area (TPSA) is 61.6 Å². The van der Waals surface area contributed by atoms with Crippen molar-refractivity contribution in [3.05, 3.63) is 28.3 Å². The van der Waals surface area contributed by atoms with E-state index in [4.69, 9.17) is 9.47 Å². The normalized spacial score (nSPS) is 10.1. The SMILES string of the molecule is CCSCCCOc1ccc([N+](=O)[O-])cc1OC. The highest BCUT2D eigenvalue weighted by Crippen LogP contribution is 2.31. The zero-order chi connectivity index (χ0) is 13.4. The number of nitrogens with zero attached hydrogens (tertiary/aromatic N) is 1. The van der Waals surface area contributed by atoms with E-state index in [0.29, 0.717) is 18.1 Å². The van der Waals surface area contributed by atoms with Gasteiger partial charge in [0.2, 0.25) is 0 Å². The van der Waals surface area contributed by atoms with Crippen LogP contribution in [0.25, 0.3) is 0 Å². The number of benzene rings is 1. The maximum atomic E-state index is 10.6. The summed E-state index contributed by atoms with van der Waals surface area (Å²) < 4.78 is 10.6. The lowest BCUT2D eigenvalue weighted by Gasteiger charge is -2.10. The predicted octanol–water partition coefficient (Wildman–Crippen LogP) is 3.13. The van der Waals surface area contributed by atoms with E-state index in [1.54, 1.807) is 6.07 Å². The van der Waals surface area contributed by atoms with Gasteiger partial charge in [0.1, 0.15) is 0 Å². The predicted molar refractivity (Wildman–Crippen MR) is 72.8 cm³/mol. The van der Waals surface area contributed by atoms with E-state index in [-0.39, 0.29) is 5.69 Å². The molecule has 0 amide bonds. The smallest absolute Gasteiger partial charge is 0.273 e. The van der Waals surface area contributed by atoms with Gasteiger partial charge in [-0.15, -0.1) is 0 Å². The van der Waals surface area contributed by atoms with E-state index in [0.717, 1.165) is 17.9 Å². The highest BCUT2D eigenvalue weighted by molar-refractivity contribution is 7.99. The van der Waals surface area contributed by atoms with Crippen LogP contribution in [0.15, 0.2) is 18.2 Å². The number of methoxy groups -OCH3 is 1. The minimum atomic E-state index is -0.454. The van der Waals surface area contributed by atoms with Crippen LogP contribution in [0.3, 0.4) is 0 Å². The molecule has 0 radical (unpaired) electrons. The van der Waals surface area contributed by atoms with E-state index in [2.05, 4.69) is 6.92 Å². The fourth-order valence-electron chi connectivity index (χ4n) is 1.38. The molecular formula is C12H17NO4S. The first-order valence-electron chi connectivity index (χ1n) is 5.72. The molecule has 0 atom stereocenters. The Kier molecular flexibility index (Phi) is 6.35. The van der Waals surface area contributed by atoms with E-state index >= 15 is 0 Å². The molecule has 0 spiro atoms. The van der Waals surface area contributed by atoms with Crippen molar-refractivity contribution >= 4 is 17.4 Å². The highest BCUT2D eigenvalue weighted by atomic mass is 32.2. The first kappa shape index (κ1) is 14.6. The van der Waals surface area contributed by atoms with Crippen LogP contribution in [-0.4, -0.2) is 30.1 Å². The lowest BCUT2D eigenvalue weighted by atomic mass is 10.3. The fourth-order valence-corrected chi connectivity index (χ4v) is 1.99. The molecule has 0 aliphatic rings. The summed E-state index contributed by atoms with van der Waals surface area (Å²) in [5.74, 6) is 3.09. The summed E-state index contributed by atoms with van der Waals surface area (Å²) in [5.41, 5.74) is 0.000684. The van der Waals surface area contributed by atoms with Gasteiger partial charge in [-0.05, 0) is 24.0 Å². The molecule has 100 valence electrons. The van der Waals surface area contributed by atoms with E-state index in [9.17, 15) is 10.1 Å². The van der Waals surface area contributed by atoms with Gasteiger partial charge in [-0.1, -0.05) is 6.92 Å². The molecule has 6 heteroatoms. The number of nitro benzene ring substituents is 1. The Bertz CT molecular complexity index is 398. The Balaban J connectivity index is 2.57. The number of non-ortho nitro benzene ring substituents is 1. The van der Waals surface area contributed by atoms with Gasteiger partial charge in [-0.25, -0.2) is 0 Å². The van der Waals surface area contributed by atoms with Crippen molar-refractivity contribution in [3.63, 3.8) is 0 Å². The molecule has 0 aliphatic heterocycles. The van der Waals surface area contributed by atoms with Crippen molar-refractivity contribution in [2.45, 2.75) is 13.3 Å². The minimum Gasteiger partial charge on any atom is -0.493 e. The second kappa shape index (κ2) is 7.81. The van der Waals surface area contributed by atoms with Crippen molar-refractivity contribution < 1.29 is 14.4 Å². The van der Waals surface area contributed by atoms with Gasteiger partial charge >= 0.3 is 0 Å². The summed E-state index contributed by atoms with van der Waals surface area (Å²) in [6.45, 7) is 2.70. The standard InChI is InChI=1S/C12H17NO4S/c1-3-18-8-4-7-17-11-6-5-10(13(14)15)9-12(11)16-2/h5-6,9H,3-4,7-8H2,1-2H3. The molecule has 0 bridgehead atoms. The Morgan fingerprint density at radius 3 is 2.78 bits per heavy atom. The van der Waals surface area contributed by atoms with Crippen LogP contribution in [0.1, 0.15) is 13.3 Å². The number of hydrogen-bond donors (Lipinski definition) is 0. The highest BCUT2D eigenvalue weighted by Gasteiger charge is 2.11. The number of thioether (sulfide) groups is 1. The van der Waals surface area contributed by atoms with Gasteiger partial charge in [0.05, 0.1) is 24.7 Å². The van der Waals surface area contributed by atoms with E-state index in [1.807, 2.05) is 11.8 Å². The number of rotatable bonds is 8. The van der Waals surface area contributed by atoms with Crippen molar-refractivity contribution in [1.82, 2.24) is 0 Å². The molecule has 5 nitrogen and oxygen atoms in total. The first-order valence-corrected chi connectivity index (χ1v) is 6.87. The van der Waals surface area contributed by atoms with Gasteiger partial charge in [-0.3, -0.25) is 10.1 Å². The molecule has 1 rings (SSSR count). The molecule has 0 N–H and O–H groups in total. The van der Waals surface area contributed by atoms with Gasteiger partial charge < -0.3 is 9.47 Å². The molecule has 1 aromatic carbocycles. The van der Waals surface area contributed by atoms with Crippen molar-refractivity contribution in [2.75, 3.05) is 25.2 Å². The molecular weight excluding hydrogens is 254 g/mol. The third-order valence-electron chi connectivity index (χ3n) is 2.25. The Morgan fingerprint density at radius 2 is 2.17 bits per heavy atom. The zero-order valence-electron chi connectivity index (χ0n) is 10.5. The maximum absolute atomic E-state index is 10.6. The summed E-state index contributed by atoms with van der Waals surface area (Å²) in [4.78, 5) is 10.2. The van der Waals surface area contributed by atoms with Crippen LogP contribution < -0.4 is 9.47 Å². The summed E-state index contributed by atoms with van der Waals surface area (Å²) in [6.07, 6.45) is 0.943. The van der Waals surface area contributed by atoms with E-state index in [1.165, 1.54) is 19.2 Å². The Labute approximate surface area is 111 Å². The van der Waals surface area contributed by atoms with Gasteiger partial charge in [0, 0.05) is 6.07 Å². The summed E-state index contributed by atoms with van der Waals surface area (Å²) in [7, 11) is 1.47. The average Bonchev–Trinajstić information content (AvgIpc) is 2.38. The van der Waals surface area contributed by atoms with Crippen LogP contribution in [0.4, 0.5) is 5.69 Å². The molecule has 18 heavy (non-hydrogen) atoms. The average molecular weight is 271 g/mol. The third-order valence-corrected chi connectivity index (χ3v) is 3.24. The maximum Gasteiger partial charge on any atom is 0.273 e. The van der Waals surface area contributed by atoms with Gasteiger partial charge in [0.15, 0.2) is 11.5 Å². The molecule has 0 aliphatic carbocycles.